The Morgan fingerprint density at radius 1 is 1.07 bits per heavy atom. The predicted molar refractivity (Wildman–Crippen MR) is 107 cm³/mol. The number of amides is 1. The van der Waals surface area contributed by atoms with Gasteiger partial charge in [0.05, 0.1) is 24.7 Å². The minimum atomic E-state index is -3.98. The third-order valence-corrected chi connectivity index (χ3v) is 6.67. The maximum absolute atomic E-state index is 12.9. The molecule has 7 heteroatoms. The Balaban J connectivity index is 1.88. The maximum Gasteiger partial charge on any atom is 0.264 e. The zero-order valence-corrected chi connectivity index (χ0v) is 17.4. The maximum atomic E-state index is 12.9. The van der Waals surface area contributed by atoms with E-state index in [0.717, 1.165) is 16.5 Å². The molecule has 1 amide bonds. The van der Waals surface area contributed by atoms with Crippen LogP contribution in [0.25, 0.3) is 11.0 Å². The first kappa shape index (κ1) is 19.9. The molecule has 0 bridgehead atoms. The summed E-state index contributed by atoms with van der Waals surface area (Å²) in [7, 11) is -2.43. The van der Waals surface area contributed by atoms with Crippen molar-refractivity contribution >= 4 is 26.9 Å². The van der Waals surface area contributed by atoms with Crippen LogP contribution in [0.2, 0.25) is 0 Å². The second-order valence-electron chi connectivity index (χ2n) is 6.92. The molecule has 0 aliphatic heterocycles. The summed E-state index contributed by atoms with van der Waals surface area (Å²) < 4.78 is 38.6. The van der Waals surface area contributed by atoms with E-state index in [9.17, 15) is 13.2 Å². The van der Waals surface area contributed by atoms with Gasteiger partial charge in [-0.1, -0.05) is 6.07 Å². The summed E-state index contributed by atoms with van der Waals surface area (Å²) in [4.78, 5) is 12.7. The number of carbonyl (C=O) groups excluding carboxylic acids is 1. The van der Waals surface area contributed by atoms with Crippen LogP contribution in [0, 0.1) is 27.7 Å². The van der Waals surface area contributed by atoms with Gasteiger partial charge in [-0.05, 0) is 62.1 Å². The SMILES string of the molecule is COc1ccc2c(CC(=O)NS(=O)(=O)c3c(C)c(C)cc(C)c3C)coc2c1. The number of aryl methyl sites for hydroxylation is 2. The van der Waals surface area contributed by atoms with E-state index in [4.69, 9.17) is 9.15 Å². The molecule has 0 unspecified atom stereocenters. The van der Waals surface area contributed by atoms with Gasteiger partial charge in [-0.2, -0.15) is 0 Å². The molecule has 3 rings (SSSR count). The minimum Gasteiger partial charge on any atom is -0.497 e. The number of furan rings is 1. The van der Waals surface area contributed by atoms with Crippen molar-refractivity contribution in [2.75, 3.05) is 7.11 Å². The van der Waals surface area contributed by atoms with Crippen molar-refractivity contribution in [3.8, 4) is 5.75 Å². The molecule has 28 heavy (non-hydrogen) atoms. The van der Waals surface area contributed by atoms with Gasteiger partial charge in [-0.3, -0.25) is 4.79 Å². The van der Waals surface area contributed by atoms with Crippen molar-refractivity contribution in [3.63, 3.8) is 0 Å². The van der Waals surface area contributed by atoms with Crippen LogP contribution in [0.5, 0.6) is 5.75 Å². The van der Waals surface area contributed by atoms with Crippen molar-refractivity contribution in [1.29, 1.82) is 0 Å². The van der Waals surface area contributed by atoms with Crippen LogP contribution in [-0.4, -0.2) is 21.4 Å². The first-order chi connectivity index (χ1) is 13.1. The van der Waals surface area contributed by atoms with E-state index in [1.165, 1.54) is 6.26 Å². The highest BCUT2D eigenvalue weighted by Gasteiger charge is 2.24. The fourth-order valence-corrected chi connectivity index (χ4v) is 4.92. The number of hydrogen-bond acceptors (Lipinski definition) is 5. The number of rotatable bonds is 5. The van der Waals surface area contributed by atoms with Crippen molar-refractivity contribution in [2.24, 2.45) is 0 Å². The molecule has 6 nitrogen and oxygen atoms in total. The number of hydrogen-bond donors (Lipinski definition) is 1. The molecule has 1 heterocycles. The highest BCUT2D eigenvalue weighted by molar-refractivity contribution is 7.90. The summed E-state index contributed by atoms with van der Waals surface area (Å²) in [5.41, 5.74) is 4.20. The number of carbonyl (C=O) groups is 1. The standard InChI is InChI=1S/C21H23NO5S/c1-12-8-13(2)15(4)21(14(12)3)28(24,25)22-20(23)9-16-11-27-19-10-17(26-5)6-7-18(16)19/h6-8,10-11H,9H2,1-5H3,(H,22,23). The van der Waals surface area contributed by atoms with Crippen molar-refractivity contribution in [2.45, 2.75) is 39.0 Å². The lowest BCUT2D eigenvalue weighted by atomic mass is 10.0. The average Bonchev–Trinajstić information content (AvgIpc) is 3.01. The Labute approximate surface area is 164 Å². The fraction of sp³-hybridized carbons (Fsp3) is 0.286. The third kappa shape index (κ3) is 3.62. The molecule has 0 aliphatic carbocycles. The van der Waals surface area contributed by atoms with E-state index < -0.39 is 15.9 Å². The van der Waals surface area contributed by atoms with Crippen LogP contribution in [0.4, 0.5) is 0 Å². The molecule has 0 saturated heterocycles. The van der Waals surface area contributed by atoms with Gasteiger partial charge < -0.3 is 9.15 Å². The number of nitrogens with one attached hydrogen (secondary N) is 1. The van der Waals surface area contributed by atoms with Gasteiger partial charge in [0.1, 0.15) is 11.3 Å². The average molecular weight is 401 g/mol. The summed E-state index contributed by atoms with van der Waals surface area (Å²) in [5, 5.41) is 0.743. The Morgan fingerprint density at radius 2 is 1.71 bits per heavy atom. The molecular weight excluding hydrogens is 378 g/mol. The molecule has 0 radical (unpaired) electrons. The van der Waals surface area contributed by atoms with Crippen LogP contribution < -0.4 is 9.46 Å². The second-order valence-corrected chi connectivity index (χ2v) is 8.54. The van der Waals surface area contributed by atoms with Gasteiger partial charge in [-0.25, -0.2) is 13.1 Å². The van der Waals surface area contributed by atoms with Crippen molar-refractivity contribution < 1.29 is 22.4 Å². The molecule has 0 spiro atoms. The van der Waals surface area contributed by atoms with Gasteiger partial charge in [0.2, 0.25) is 5.91 Å². The topological polar surface area (TPSA) is 85.6 Å². The third-order valence-electron chi connectivity index (χ3n) is 5.03. The molecule has 3 aromatic rings. The highest BCUT2D eigenvalue weighted by atomic mass is 32.2. The number of sulfonamides is 1. The normalized spacial score (nSPS) is 11.6. The smallest absolute Gasteiger partial charge is 0.264 e. The summed E-state index contributed by atoms with van der Waals surface area (Å²) in [6, 6.07) is 7.21. The van der Waals surface area contributed by atoms with E-state index in [1.807, 2.05) is 19.9 Å². The molecule has 0 saturated carbocycles. The largest absolute Gasteiger partial charge is 0.497 e. The number of fused-ring (bicyclic) bond motifs is 1. The molecular formula is C21H23NO5S. The van der Waals surface area contributed by atoms with Crippen LogP contribution in [0.3, 0.4) is 0 Å². The Bertz CT molecular complexity index is 1150. The lowest BCUT2D eigenvalue weighted by Crippen LogP contribution is -2.33. The zero-order valence-electron chi connectivity index (χ0n) is 16.5. The quantitative estimate of drug-likeness (QED) is 0.704. The lowest BCUT2D eigenvalue weighted by molar-refractivity contribution is -0.118. The van der Waals surface area contributed by atoms with Gasteiger partial charge in [0.15, 0.2) is 0 Å². The lowest BCUT2D eigenvalue weighted by Gasteiger charge is -2.16. The summed E-state index contributed by atoms with van der Waals surface area (Å²) >= 11 is 0. The molecule has 1 N–H and O–H groups in total. The Hall–Kier alpha value is -2.80. The van der Waals surface area contributed by atoms with Crippen LogP contribution in [-0.2, 0) is 21.2 Å². The summed E-state index contributed by atoms with van der Waals surface area (Å²) in [5.74, 6) is 0.0256. The van der Waals surface area contributed by atoms with E-state index in [2.05, 4.69) is 4.72 Å². The number of benzene rings is 2. The first-order valence-electron chi connectivity index (χ1n) is 8.81. The monoisotopic (exact) mass is 401 g/mol. The van der Waals surface area contributed by atoms with Crippen molar-refractivity contribution in [3.05, 3.63) is 58.3 Å². The van der Waals surface area contributed by atoms with Crippen LogP contribution in [0.1, 0.15) is 27.8 Å². The van der Waals surface area contributed by atoms with Gasteiger partial charge in [-0.15, -0.1) is 0 Å². The fourth-order valence-electron chi connectivity index (χ4n) is 3.32. The van der Waals surface area contributed by atoms with E-state index in [1.54, 1.807) is 39.2 Å². The van der Waals surface area contributed by atoms with Gasteiger partial charge in [0.25, 0.3) is 10.0 Å². The minimum absolute atomic E-state index is 0.110. The molecule has 0 atom stereocenters. The first-order valence-corrected chi connectivity index (χ1v) is 10.3. The van der Waals surface area contributed by atoms with Gasteiger partial charge in [0, 0.05) is 17.0 Å². The van der Waals surface area contributed by atoms with Crippen LogP contribution >= 0.6 is 0 Å². The van der Waals surface area contributed by atoms with E-state index >= 15 is 0 Å². The predicted octanol–water partition coefficient (Wildman–Crippen LogP) is 3.72. The molecule has 0 fully saturated rings. The number of ether oxygens (including phenoxy) is 1. The summed E-state index contributed by atoms with van der Waals surface area (Å²) in [6.45, 7) is 7.21. The number of methoxy groups -OCH3 is 1. The molecule has 0 aliphatic rings. The van der Waals surface area contributed by atoms with Crippen LogP contribution in [0.15, 0.2) is 39.8 Å². The molecule has 1 aromatic heterocycles. The van der Waals surface area contributed by atoms with E-state index in [0.29, 0.717) is 28.0 Å². The molecule has 148 valence electrons. The second kappa shape index (κ2) is 7.31. The Morgan fingerprint density at radius 3 is 2.32 bits per heavy atom. The Kier molecular flexibility index (Phi) is 5.21. The van der Waals surface area contributed by atoms with Crippen molar-refractivity contribution in [1.82, 2.24) is 4.72 Å². The van der Waals surface area contributed by atoms with Gasteiger partial charge >= 0.3 is 0 Å². The zero-order chi connectivity index (χ0) is 20.6. The molecule has 2 aromatic carbocycles. The highest BCUT2D eigenvalue weighted by Crippen LogP contribution is 2.27. The summed E-state index contributed by atoms with van der Waals surface area (Å²) in [6.07, 6.45) is 1.35. The van der Waals surface area contributed by atoms with E-state index in [-0.39, 0.29) is 11.3 Å².